The molecule has 0 unspecified atom stereocenters. The van der Waals surface area contributed by atoms with Crippen molar-refractivity contribution in [2.24, 2.45) is 0 Å². The standard InChI is InChI=1S/C16H19F2N3O5S/c1-16(14(22)19-15(23)20-16)9-27(24,25)21-6-4-11(5-7-21)26-13-3-2-10(17)8-12(13)18/h2-3,8,11H,4-7,9H2,1H3,(H2,19,20,22,23)/t16-/m1/s1. The van der Waals surface area contributed by atoms with Crippen LogP contribution in [0.1, 0.15) is 19.8 Å². The Bertz CT molecular complexity index is 871. The lowest BCUT2D eigenvalue weighted by molar-refractivity contribution is -0.122. The van der Waals surface area contributed by atoms with Crippen molar-refractivity contribution in [1.82, 2.24) is 14.9 Å². The molecule has 11 heteroatoms. The van der Waals surface area contributed by atoms with Gasteiger partial charge in [-0.2, -0.15) is 0 Å². The number of sulfonamides is 1. The fourth-order valence-corrected chi connectivity index (χ4v) is 5.00. The summed E-state index contributed by atoms with van der Waals surface area (Å²) in [6.45, 7) is 1.60. The van der Waals surface area contributed by atoms with Crippen molar-refractivity contribution in [1.29, 1.82) is 0 Å². The lowest BCUT2D eigenvalue weighted by Crippen LogP contribution is -2.53. The van der Waals surface area contributed by atoms with E-state index in [9.17, 15) is 26.8 Å². The highest BCUT2D eigenvalue weighted by atomic mass is 32.2. The summed E-state index contributed by atoms with van der Waals surface area (Å²) in [5.74, 6) is -2.87. The van der Waals surface area contributed by atoms with E-state index in [2.05, 4.69) is 5.32 Å². The number of piperidine rings is 1. The van der Waals surface area contributed by atoms with Gasteiger partial charge in [-0.3, -0.25) is 10.1 Å². The summed E-state index contributed by atoms with van der Waals surface area (Å²) in [5.41, 5.74) is -1.53. The number of nitrogens with zero attached hydrogens (tertiary/aromatic N) is 1. The van der Waals surface area contributed by atoms with Crippen LogP contribution in [0.2, 0.25) is 0 Å². The third-order valence-corrected chi connectivity index (χ3v) is 6.66. The number of urea groups is 1. The molecule has 148 valence electrons. The van der Waals surface area contributed by atoms with E-state index in [4.69, 9.17) is 4.74 Å². The molecule has 2 aliphatic rings. The molecule has 1 atom stereocenters. The Morgan fingerprint density at radius 1 is 1.26 bits per heavy atom. The molecule has 0 aliphatic carbocycles. The van der Waals surface area contributed by atoms with Gasteiger partial charge in [0.05, 0.1) is 5.75 Å². The summed E-state index contributed by atoms with van der Waals surface area (Å²) in [6, 6.07) is 2.26. The molecular formula is C16H19F2N3O5S. The van der Waals surface area contributed by atoms with Gasteiger partial charge in [-0.15, -0.1) is 0 Å². The van der Waals surface area contributed by atoms with Gasteiger partial charge in [0.25, 0.3) is 5.91 Å². The molecule has 8 nitrogen and oxygen atoms in total. The minimum Gasteiger partial charge on any atom is -0.487 e. The van der Waals surface area contributed by atoms with Crippen molar-refractivity contribution in [2.45, 2.75) is 31.4 Å². The number of hydrogen-bond donors (Lipinski definition) is 2. The maximum absolute atomic E-state index is 13.7. The molecule has 0 saturated carbocycles. The van der Waals surface area contributed by atoms with Crippen LogP contribution in [0.15, 0.2) is 18.2 Å². The van der Waals surface area contributed by atoms with E-state index < -0.39 is 51.0 Å². The monoisotopic (exact) mass is 403 g/mol. The molecule has 0 aromatic heterocycles. The summed E-state index contributed by atoms with van der Waals surface area (Å²) in [4.78, 5) is 23.1. The summed E-state index contributed by atoms with van der Waals surface area (Å²) in [7, 11) is -3.81. The van der Waals surface area contributed by atoms with Crippen LogP contribution in [-0.2, 0) is 14.8 Å². The number of hydrogen-bond acceptors (Lipinski definition) is 5. The van der Waals surface area contributed by atoms with Crippen LogP contribution >= 0.6 is 0 Å². The number of imide groups is 1. The molecule has 1 aromatic carbocycles. The molecular weight excluding hydrogens is 384 g/mol. The quantitative estimate of drug-likeness (QED) is 0.706. The first kappa shape index (κ1) is 19.5. The molecule has 2 heterocycles. The van der Waals surface area contributed by atoms with E-state index in [1.165, 1.54) is 17.3 Å². The second-order valence-electron chi connectivity index (χ2n) is 6.79. The molecule has 27 heavy (non-hydrogen) atoms. The van der Waals surface area contributed by atoms with Crippen LogP contribution in [0.25, 0.3) is 0 Å². The Labute approximate surface area is 154 Å². The first-order valence-electron chi connectivity index (χ1n) is 8.32. The highest BCUT2D eigenvalue weighted by Gasteiger charge is 2.46. The molecule has 3 amide bonds. The first-order valence-corrected chi connectivity index (χ1v) is 9.93. The molecule has 0 radical (unpaired) electrons. The highest BCUT2D eigenvalue weighted by Crippen LogP contribution is 2.25. The Morgan fingerprint density at radius 3 is 2.48 bits per heavy atom. The zero-order chi connectivity index (χ0) is 19.8. The highest BCUT2D eigenvalue weighted by molar-refractivity contribution is 7.89. The van der Waals surface area contributed by atoms with Gasteiger partial charge in [0.1, 0.15) is 17.5 Å². The van der Waals surface area contributed by atoms with Crippen LogP contribution in [-0.4, -0.2) is 55.1 Å². The number of benzene rings is 1. The summed E-state index contributed by atoms with van der Waals surface area (Å²) in [5, 5.41) is 4.35. The van der Waals surface area contributed by atoms with Crippen molar-refractivity contribution in [3.63, 3.8) is 0 Å². The van der Waals surface area contributed by atoms with Crippen molar-refractivity contribution >= 4 is 22.0 Å². The Kier molecular flexibility index (Phi) is 5.08. The minimum atomic E-state index is -3.81. The Hall–Kier alpha value is -2.27. The van der Waals surface area contributed by atoms with Crippen LogP contribution in [0.5, 0.6) is 5.75 Å². The van der Waals surface area contributed by atoms with Gasteiger partial charge in [0, 0.05) is 19.2 Å². The van der Waals surface area contributed by atoms with Gasteiger partial charge >= 0.3 is 6.03 Å². The lowest BCUT2D eigenvalue weighted by atomic mass is 10.1. The molecule has 1 aromatic rings. The third kappa shape index (κ3) is 4.19. The second kappa shape index (κ2) is 7.04. The molecule has 2 fully saturated rings. The number of amides is 3. The predicted molar refractivity (Wildman–Crippen MR) is 90.4 cm³/mol. The van der Waals surface area contributed by atoms with E-state index in [1.807, 2.05) is 5.32 Å². The van der Waals surface area contributed by atoms with Crippen LogP contribution < -0.4 is 15.4 Å². The van der Waals surface area contributed by atoms with E-state index in [-0.39, 0.29) is 18.8 Å². The van der Waals surface area contributed by atoms with Crippen molar-refractivity contribution in [2.75, 3.05) is 18.8 Å². The maximum Gasteiger partial charge on any atom is 0.322 e. The van der Waals surface area contributed by atoms with Gasteiger partial charge in [-0.05, 0) is 31.9 Å². The normalized spacial score (nSPS) is 24.6. The Balaban J connectivity index is 1.59. The Morgan fingerprint density at radius 2 is 1.93 bits per heavy atom. The second-order valence-corrected chi connectivity index (χ2v) is 8.76. The van der Waals surface area contributed by atoms with Gasteiger partial charge in [0.2, 0.25) is 10.0 Å². The fraction of sp³-hybridized carbons (Fsp3) is 0.500. The summed E-state index contributed by atoms with van der Waals surface area (Å²) >= 11 is 0. The number of carbonyl (C=O) groups is 2. The minimum absolute atomic E-state index is 0.0874. The van der Waals surface area contributed by atoms with Crippen LogP contribution in [0, 0.1) is 11.6 Å². The third-order valence-electron chi connectivity index (χ3n) is 4.57. The van der Waals surface area contributed by atoms with Crippen molar-refractivity contribution in [3.8, 4) is 5.75 Å². The fourth-order valence-electron chi connectivity index (χ4n) is 3.12. The largest absolute Gasteiger partial charge is 0.487 e. The van der Waals surface area contributed by atoms with E-state index >= 15 is 0 Å². The van der Waals surface area contributed by atoms with E-state index in [0.29, 0.717) is 12.8 Å². The summed E-state index contributed by atoms with van der Waals surface area (Å²) in [6.07, 6.45) is 0.206. The average molecular weight is 403 g/mol. The summed E-state index contributed by atoms with van der Waals surface area (Å²) < 4.78 is 58.5. The molecule has 0 bridgehead atoms. The van der Waals surface area contributed by atoms with Crippen LogP contribution in [0.3, 0.4) is 0 Å². The maximum atomic E-state index is 13.7. The molecule has 3 rings (SSSR count). The topological polar surface area (TPSA) is 105 Å². The lowest BCUT2D eigenvalue weighted by Gasteiger charge is -2.33. The van der Waals surface area contributed by atoms with Gasteiger partial charge in [-0.1, -0.05) is 0 Å². The number of nitrogens with one attached hydrogen (secondary N) is 2. The zero-order valence-electron chi connectivity index (χ0n) is 14.5. The molecule has 2 aliphatic heterocycles. The predicted octanol–water partition coefficient (Wildman–Crippen LogP) is 0.736. The number of halogens is 2. The van der Waals surface area contributed by atoms with Gasteiger partial charge < -0.3 is 10.1 Å². The van der Waals surface area contributed by atoms with E-state index in [0.717, 1.165) is 12.1 Å². The van der Waals surface area contributed by atoms with Gasteiger partial charge in [-0.25, -0.2) is 26.3 Å². The molecule has 0 spiro atoms. The SMILES string of the molecule is C[C@]1(CS(=O)(=O)N2CCC(Oc3ccc(F)cc3F)CC2)NC(=O)NC1=O. The number of ether oxygens (including phenoxy) is 1. The number of carbonyl (C=O) groups excluding carboxylic acids is 2. The molecule has 2 N–H and O–H groups in total. The first-order chi connectivity index (χ1) is 12.6. The number of rotatable bonds is 5. The van der Waals surface area contributed by atoms with Crippen molar-refractivity contribution in [3.05, 3.63) is 29.8 Å². The van der Waals surface area contributed by atoms with Crippen LogP contribution in [0.4, 0.5) is 13.6 Å². The zero-order valence-corrected chi connectivity index (χ0v) is 15.3. The average Bonchev–Trinajstić information content (AvgIpc) is 2.81. The molecule has 2 saturated heterocycles. The van der Waals surface area contributed by atoms with E-state index in [1.54, 1.807) is 0 Å². The van der Waals surface area contributed by atoms with Crippen molar-refractivity contribution < 1.29 is 31.5 Å². The smallest absolute Gasteiger partial charge is 0.322 e. The van der Waals surface area contributed by atoms with Gasteiger partial charge in [0.15, 0.2) is 11.6 Å².